The fourth-order valence-corrected chi connectivity index (χ4v) is 1.40. The number of hydrogen-bond donors (Lipinski definition) is 0. The van der Waals surface area contributed by atoms with E-state index in [0.717, 1.165) is 5.39 Å². The second-order valence-electron chi connectivity index (χ2n) is 4.26. The topological polar surface area (TPSA) is 56.5 Å². The van der Waals surface area contributed by atoms with Crippen molar-refractivity contribution in [3.63, 3.8) is 0 Å². The Morgan fingerprint density at radius 1 is 1.35 bits per heavy atom. The maximum atomic E-state index is 11.7. The van der Waals surface area contributed by atoms with Gasteiger partial charge in [0, 0.05) is 5.39 Å². The van der Waals surface area contributed by atoms with Crippen LogP contribution in [-0.2, 0) is 9.53 Å². The zero-order valence-corrected chi connectivity index (χ0v) is 9.60. The number of furan rings is 1. The van der Waals surface area contributed by atoms with Gasteiger partial charge >= 0.3 is 5.97 Å². The number of ether oxygens (including phenoxy) is 1. The Morgan fingerprint density at radius 3 is 2.71 bits per heavy atom. The highest BCUT2D eigenvalue weighted by Crippen LogP contribution is 2.20. The number of rotatable bonds is 3. The Hall–Kier alpha value is -2.10. The Bertz CT molecular complexity index is 533. The number of carbonyl (C=O) groups excluding carboxylic acids is 2. The van der Waals surface area contributed by atoms with Gasteiger partial charge in [-0.1, -0.05) is 18.2 Å². The number of benzene rings is 1. The van der Waals surface area contributed by atoms with Crippen LogP contribution in [0.1, 0.15) is 24.4 Å². The molecule has 0 aliphatic carbocycles. The number of aldehydes is 1. The van der Waals surface area contributed by atoms with Crippen LogP contribution in [0.4, 0.5) is 0 Å². The molecule has 1 heterocycles. The lowest BCUT2D eigenvalue weighted by molar-refractivity contribution is -0.122. The van der Waals surface area contributed by atoms with Crippen LogP contribution >= 0.6 is 0 Å². The van der Waals surface area contributed by atoms with Gasteiger partial charge in [-0.15, -0.1) is 0 Å². The second kappa shape index (κ2) is 4.05. The Balaban J connectivity index is 2.28. The minimum absolute atomic E-state index is 0.0983. The van der Waals surface area contributed by atoms with Gasteiger partial charge in [-0.3, -0.25) is 4.79 Å². The number of para-hydroxylation sites is 1. The van der Waals surface area contributed by atoms with E-state index in [1.54, 1.807) is 12.1 Å². The molecule has 0 spiro atoms. The van der Waals surface area contributed by atoms with Crippen molar-refractivity contribution in [3.8, 4) is 0 Å². The fraction of sp³-hybridized carbons (Fsp3) is 0.231. The number of carbonyl (C=O) groups is 2. The maximum absolute atomic E-state index is 11.7. The molecule has 1 aromatic heterocycles. The van der Waals surface area contributed by atoms with Crippen molar-refractivity contribution in [2.45, 2.75) is 19.4 Å². The summed E-state index contributed by atoms with van der Waals surface area (Å²) in [6, 6.07) is 8.86. The van der Waals surface area contributed by atoms with E-state index in [-0.39, 0.29) is 5.76 Å². The zero-order valence-electron chi connectivity index (χ0n) is 9.60. The van der Waals surface area contributed by atoms with Crippen LogP contribution in [0.2, 0.25) is 0 Å². The summed E-state index contributed by atoms with van der Waals surface area (Å²) in [6.45, 7) is 3.03. The summed E-state index contributed by atoms with van der Waals surface area (Å²) >= 11 is 0. The lowest BCUT2D eigenvalue weighted by Gasteiger charge is -2.16. The monoisotopic (exact) mass is 232 g/mol. The molecular weight excluding hydrogens is 220 g/mol. The first kappa shape index (κ1) is 11.4. The minimum Gasteiger partial charge on any atom is -0.449 e. The summed E-state index contributed by atoms with van der Waals surface area (Å²) in [5.74, 6) is -0.542. The molecule has 0 unspecified atom stereocenters. The molecule has 0 saturated carbocycles. The van der Waals surface area contributed by atoms with E-state index in [2.05, 4.69) is 0 Å². The lowest BCUT2D eigenvalue weighted by atomic mass is 10.2. The minimum atomic E-state index is -1.14. The predicted octanol–water partition coefficient (Wildman–Crippen LogP) is 2.57. The van der Waals surface area contributed by atoms with Crippen molar-refractivity contribution in [3.05, 3.63) is 36.1 Å². The van der Waals surface area contributed by atoms with Crippen molar-refractivity contribution in [2.75, 3.05) is 0 Å². The zero-order chi connectivity index (χ0) is 12.5. The quantitative estimate of drug-likeness (QED) is 0.602. The molecule has 2 rings (SSSR count). The van der Waals surface area contributed by atoms with Crippen LogP contribution in [-0.4, -0.2) is 17.9 Å². The van der Waals surface area contributed by atoms with Crippen molar-refractivity contribution < 1.29 is 18.7 Å². The summed E-state index contributed by atoms with van der Waals surface area (Å²) in [5.41, 5.74) is -0.529. The summed E-state index contributed by atoms with van der Waals surface area (Å²) in [4.78, 5) is 22.4. The molecule has 0 atom stereocenters. The van der Waals surface area contributed by atoms with Crippen molar-refractivity contribution in [2.24, 2.45) is 0 Å². The molecule has 4 nitrogen and oxygen atoms in total. The van der Waals surface area contributed by atoms with Crippen molar-refractivity contribution in [1.29, 1.82) is 0 Å². The average molecular weight is 232 g/mol. The third-order valence-electron chi connectivity index (χ3n) is 2.27. The third kappa shape index (κ3) is 2.36. The molecule has 0 amide bonds. The summed E-state index contributed by atoms with van der Waals surface area (Å²) in [6.07, 6.45) is 0.577. The first-order valence-corrected chi connectivity index (χ1v) is 5.20. The molecule has 0 radical (unpaired) electrons. The van der Waals surface area contributed by atoms with E-state index in [1.807, 2.05) is 18.2 Å². The molecule has 1 aromatic carbocycles. The van der Waals surface area contributed by atoms with Gasteiger partial charge in [0.25, 0.3) is 0 Å². The van der Waals surface area contributed by atoms with Crippen LogP contribution in [0.25, 0.3) is 11.0 Å². The standard InChI is InChI=1S/C13H12O4/c1-13(2,8-14)17-12(15)11-7-9-5-3-4-6-10(9)16-11/h3-8H,1-2H3. The van der Waals surface area contributed by atoms with E-state index in [1.165, 1.54) is 13.8 Å². The molecule has 17 heavy (non-hydrogen) atoms. The van der Waals surface area contributed by atoms with Crippen LogP contribution in [0.15, 0.2) is 34.7 Å². The first-order valence-electron chi connectivity index (χ1n) is 5.20. The lowest BCUT2D eigenvalue weighted by Crippen LogP contribution is -2.29. The first-order chi connectivity index (χ1) is 8.02. The smallest absolute Gasteiger partial charge is 0.375 e. The van der Waals surface area contributed by atoms with E-state index >= 15 is 0 Å². The normalized spacial score (nSPS) is 11.4. The Morgan fingerprint density at radius 2 is 2.06 bits per heavy atom. The summed E-state index contributed by atoms with van der Waals surface area (Å²) < 4.78 is 10.3. The molecule has 0 saturated heterocycles. The van der Waals surface area contributed by atoms with E-state index in [4.69, 9.17) is 9.15 Å². The number of fused-ring (bicyclic) bond motifs is 1. The van der Waals surface area contributed by atoms with Crippen LogP contribution in [0.3, 0.4) is 0 Å². The van der Waals surface area contributed by atoms with Crippen LogP contribution in [0.5, 0.6) is 0 Å². The van der Waals surface area contributed by atoms with Gasteiger partial charge in [0.15, 0.2) is 11.9 Å². The number of esters is 1. The highest BCUT2D eigenvalue weighted by molar-refractivity contribution is 5.93. The highest BCUT2D eigenvalue weighted by Gasteiger charge is 2.24. The van der Waals surface area contributed by atoms with E-state index < -0.39 is 11.6 Å². The van der Waals surface area contributed by atoms with Gasteiger partial charge in [0.2, 0.25) is 5.76 Å². The summed E-state index contributed by atoms with van der Waals surface area (Å²) in [7, 11) is 0. The average Bonchev–Trinajstić information content (AvgIpc) is 2.72. The van der Waals surface area contributed by atoms with E-state index in [9.17, 15) is 9.59 Å². The summed E-state index contributed by atoms with van der Waals surface area (Å²) in [5, 5.41) is 0.823. The highest BCUT2D eigenvalue weighted by atomic mass is 16.6. The largest absolute Gasteiger partial charge is 0.449 e. The molecule has 0 aliphatic rings. The third-order valence-corrected chi connectivity index (χ3v) is 2.27. The van der Waals surface area contributed by atoms with Gasteiger partial charge in [-0.05, 0) is 26.0 Å². The molecular formula is C13H12O4. The molecule has 0 N–H and O–H groups in total. The van der Waals surface area contributed by atoms with Crippen molar-refractivity contribution in [1.82, 2.24) is 0 Å². The molecule has 2 aromatic rings. The molecule has 0 bridgehead atoms. The second-order valence-corrected chi connectivity index (χ2v) is 4.26. The van der Waals surface area contributed by atoms with Gasteiger partial charge in [0.1, 0.15) is 5.58 Å². The van der Waals surface area contributed by atoms with Crippen LogP contribution in [0, 0.1) is 0 Å². The number of hydrogen-bond acceptors (Lipinski definition) is 4. The van der Waals surface area contributed by atoms with Gasteiger partial charge in [-0.25, -0.2) is 4.79 Å². The Kier molecular flexibility index (Phi) is 2.71. The van der Waals surface area contributed by atoms with Gasteiger partial charge in [-0.2, -0.15) is 0 Å². The molecule has 0 aliphatic heterocycles. The molecule has 88 valence electrons. The molecule has 0 fully saturated rings. The van der Waals surface area contributed by atoms with Crippen molar-refractivity contribution >= 4 is 23.2 Å². The Labute approximate surface area is 98.2 Å². The van der Waals surface area contributed by atoms with Crippen LogP contribution < -0.4 is 0 Å². The SMILES string of the molecule is CC(C)(C=O)OC(=O)c1cc2ccccc2o1. The van der Waals surface area contributed by atoms with E-state index in [0.29, 0.717) is 11.9 Å². The van der Waals surface area contributed by atoms with Gasteiger partial charge < -0.3 is 9.15 Å². The van der Waals surface area contributed by atoms with Gasteiger partial charge in [0.05, 0.1) is 0 Å². The fourth-order valence-electron chi connectivity index (χ4n) is 1.40. The predicted molar refractivity (Wildman–Crippen MR) is 61.8 cm³/mol. The maximum Gasteiger partial charge on any atom is 0.375 e. The molecule has 4 heteroatoms.